The molecule has 0 bridgehead atoms. The Morgan fingerprint density at radius 2 is 1.60 bits per heavy atom. The molecule has 3 nitrogen and oxygen atoms in total. The van der Waals surface area contributed by atoms with Gasteiger partial charge in [0.25, 0.3) is 0 Å². The van der Waals surface area contributed by atoms with Crippen LogP contribution in [0.15, 0.2) is 48.5 Å². The van der Waals surface area contributed by atoms with Crippen LogP contribution in [0.1, 0.15) is 24.1 Å². The smallest absolute Gasteiger partial charge is 0.115 e. The molecule has 1 unspecified atom stereocenters. The van der Waals surface area contributed by atoms with E-state index < -0.39 is 0 Å². The summed E-state index contributed by atoms with van der Waals surface area (Å²) in [5, 5.41) is 12.8. The fourth-order valence-electron chi connectivity index (χ4n) is 2.17. The standard InChI is InChI=1S/C17H22N2O/c1-13(15-6-10-17(20)11-7-15)18-16-8-4-14(5-9-16)12-19(2)3/h4-11,13,18,20H,12H2,1-3H3. The van der Waals surface area contributed by atoms with E-state index in [2.05, 4.69) is 55.5 Å². The Hall–Kier alpha value is -2.00. The topological polar surface area (TPSA) is 35.5 Å². The molecule has 20 heavy (non-hydrogen) atoms. The molecule has 1 atom stereocenters. The summed E-state index contributed by atoms with van der Waals surface area (Å²) >= 11 is 0. The number of hydrogen-bond acceptors (Lipinski definition) is 3. The highest BCUT2D eigenvalue weighted by Crippen LogP contribution is 2.21. The van der Waals surface area contributed by atoms with E-state index in [0.717, 1.165) is 17.8 Å². The van der Waals surface area contributed by atoms with Crippen molar-refractivity contribution in [2.45, 2.75) is 19.5 Å². The fraction of sp³-hybridized carbons (Fsp3) is 0.294. The Kier molecular flexibility index (Phi) is 4.64. The summed E-state index contributed by atoms with van der Waals surface area (Å²) in [6.45, 7) is 3.06. The molecule has 0 amide bonds. The lowest BCUT2D eigenvalue weighted by molar-refractivity contribution is 0.402. The number of aromatic hydroxyl groups is 1. The van der Waals surface area contributed by atoms with Gasteiger partial charge in [-0.05, 0) is 56.4 Å². The first-order valence-corrected chi connectivity index (χ1v) is 6.84. The molecule has 2 aromatic carbocycles. The van der Waals surface area contributed by atoms with Crippen LogP contribution in [-0.4, -0.2) is 24.1 Å². The lowest BCUT2D eigenvalue weighted by Gasteiger charge is -2.16. The summed E-state index contributed by atoms with van der Waals surface area (Å²) in [4.78, 5) is 2.15. The van der Waals surface area contributed by atoms with E-state index in [-0.39, 0.29) is 6.04 Å². The van der Waals surface area contributed by atoms with Crippen molar-refractivity contribution in [2.24, 2.45) is 0 Å². The monoisotopic (exact) mass is 270 g/mol. The molecule has 0 saturated carbocycles. The minimum atomic E-state index is 0.204. The quantitative estimate of drug-likeness (QED) is 0.871. The number of nitrogens with one attached hydrogen (secondary N) is 1. The molecule has 2 aromatic rings. The maximum absolute atomic E-state index is 9.31. The molecule has 106 valence electrons. The molecular formula is C17H22N2O. The molecule has 0 aliphatic rings. The maximum atomic E-state index is 9.31. The van der Waals surface area contributed by atoms with Crippen LogP contribution in [0.5, 0.6) is 5.75 Å². The van der Waals surface area contributed by atoms with Gasteiger partial charge in [0, 0.05) is 18.3 Å². The number of phenols is 1. The average molecular weight is 270 g/mol. The van der Waals surface area contributed by atoms with Crippen LogP contribution in [0, 0.1) is 0 Å². The number of hydrogen-bond donors (Lipinski definition) is 2. The predicted octanol–water partition coefficient (Wildman–Crippen LogP) is 3.63. The van der Waals surface area contributed by atoms with Crippen LogP contribution in [-0.2, 0) is 6.54 Å². The molecule has 0 fully saturated rings. The summed E-state index contributed by atoms with van der Waals surface area (Å²) in [6.07, 6.45) is 0. The molecule has 2 N–H and O–H groups in total. The summed E-state index contributed by atoms with van der Waals surface area (Å²) < 4.78 is 0. The van der Waals surface area contributed by atoms with Crippen molar-refractivity contribution in [3.8, 4) is 5.75 Å². The highest BCUT2D eigenvalue weighted by Gasteiger charge is 2.05. The highest BCUT2D eigenvalue weighted by molar-refractivity contribution is 5.47. The largest absolute Gasteiger partial charge is 0.508 e. The van der Waals surface area contributed by atoms with Crippen molar-refractivity contribution in [2.75, 3.05) is 19.4 Å². The van der Waals surface area contributed by atoms with E-state index >= 15 is 0 Å². The third kappa shape index (κ3) is 4.00. The number of phenolic OH excluding ortho intramolecular Hbond substituents is 1. The molecule has 3 heteroatoms. The van der Waals surface area contributed by atoms with Gasteiger partial charge in [0.2, 0.25) is 0 Å². The first kappa shape index (κ1) is 14.4. The Bertz CT molecular complexity index is 532. The lowest BCUT2D eigenvalue weighted by Crippen LogP contribution is -2.11. The van der Waals surface area contributed by atoms with Gasteiger partial charge in [0.1, 0.15) is 5.75 Å². The Morgan fingerprint density at radius 1 is 1.00 bits per heavy atom. The minimum Gasteiger partial charge on any atom is -0.508 e. The second kappa shape index (κ2) is 6.44. The van der Waals surface area contributed by atoms with E-state index in [4.69, 9.17) is 0 Å². The SMILES string of the molecule is CC(Nc1ccc(CN(C)C)cc1)c1ccc(O)cc1. The van der Waals surface area contributed by atoms with Gasteiger partial charge >= 0.3 is 0 Å². The van der Waals surface area contributed by atoms with Gasteiger partial charge in [-0.3, -0.25) is 0 Å². The summed E-state index contributed by atoms with van der Waals surface area (Å²) in [6, 6.07) is 16.0. The van der Waals surface area contributed by atoms with E-state index in [9.17, 15) is 5.11 Å². The number of anilines is 1. The van der Waals surface area contributed by atoms with Crippen LogP contribution in [0.4, 0.5) is 5.69 Å². The Labute approximate surface area is 120 Å². The van der Waals surface area contributed by atoms with E-state index in [0.29, 0.717) is 5.75 Å². The van der Waals surface area contributed by atoms with Crippen LogP contribution >= 0.6 is 0 Å². The van der Waals surface area contributed by atoms with Crippen LogP contribution in [0.25, 0.3) is 0 Å². The molecule has 0 aliphatic heterocycles. The molecule has 2 rings (SSSR count). The molecule has 0 aromatic heterocycles. The summed E-state index contributed by atoms with van der Waals surface area (Å²) in [5.74, 6) is 0.300. The van der Waals surface area contributed by atoms with Crippen molar-refractivity contribution >= 4 is 5.69 Å². The van der Waals surface area contributed by atoms with Crippen LogP contribution in [0.2, 0.25) is 0 Å². The minimum absolute atomic E-state index is 0.204. The van der Waals surface area contributed by atoms with Crippen molar-refractivity contribution in [1.82, 2.24) is 4.90 Å². The first-order chi connectivity index (χ1) is 9.54. The summed E-state index contributed by atoms with van der Waals surface area (Å²) in [7, 11) is 4.14. The first-order valence-electron chi connectivity index (χ1n) is 6.84. The third-order valence-corrected chi connectivity index (χ3v) is 3.23. The zero-order valence-electron chi connectivity index (χ0n) is 12.3. The predicted molar refractivity (Wildman–Crippen MR) is 84.0 cm³/mol. The fourth-order valence-corrected chi connectivity index (χ4v) is 2.17. The van der Waals surface area contributed by atoms with E-state index in [1.807, 2.05) is 12.1 Å². The van der Waals surface area contributed by atoms with Gasteiger partial charge in [-0.25, -0.2) is 0 Å². The van der Waals surface area contributed by atoms with E-state index in [1.54, 1.807) is 12.1 Å². The normalized spacial score (nSPS) is 12.4. The Balaban J connectivity index is 2.00. The number of rotatable bonds is 5. The van der Waals surface area contributed by atoms with Crippen LogP contribution < -0.4 is 5.32 Å². The number of benzene rings is 2. The van der Waals surface area contributed by atoms with Gasteiger partial charge in [-0.1, -0.05) is 24.3 Å². The molecular weight excluding hydrogens is 248 g/mol. The van der Waals surface area contributed by atoms with Crippen molar-refractivity contribution < 1.29 is 5.11 Å². The van der Waals surface area contributed by atoms with E-state index in [1.165, 1.54) is 5.56 Å². The van der Waals surface area contributed by atoms with Crippen molar-refractivity contribution in [1.29, 1.82) is 0 Å². The van der Waals surface area contributed by atoms with Gasteiger partial charge in [-0.2, -0.15) is 0 Å². The van der Waals surface area contributed by atoms with Crippen molar-refractivity contribution in [3.63, 3.8) is 0 Å². The average Bonchev–Trinajstić information content (AvgIpc) is 2.41. The lowest BCUT2D eigenvalue weighted by atomic mass is 10.1. The Morgan fingerprint density at radius 3 is 2.15 bits per heavy atom. The zero-order valence-corrected chi connectivity index (χ0v) is 12.3. The second-order valence-electron chi connectivity index (χ2n) is 5.39. The molecule has 0 heterocycles. The zero-order chi connectivity index (χ0) is 14.5. The maximum Gasteiger partial charge on any atom is 0.115 e. The van der Waals surface area contributed by atoms with Gasteiger partial charge in [0.05, 0.1) is 0 Å². The second-order valence-corrected chi connectivity index (χ2v) is 5.39. The molecule has 0 spiro atoms. The van der Waals surface area contributed by atoms with Gasteiger partial charge in [0.15, 0.2) is 0 Å². The molecule has 0 aliphatic carbocycles. The molecule has 0 saturated heterocycles. The third-order valence-electron chi connectivity index (χ3n) is 3.23. The molecule has 0 radical (unpaired) electrons. The van der Waals surface area contributed by atoms with Crippen LogP contribution in [0.3, 0.4) is 0 Å². The van der Waals surface area contributed by atoms with Gasteiger partial charge < -0.3 is 15.3 Å². The summed E-state index contributed by atoms with van der Waals surface area (Å²) in [5.41, 5.74) is 3.56. The van der Waals surface area contributed by atoms with Crippen molar-refractivity contribution in [3.05, 3.63) is 59.7 Å². The van der Waals surface area contributed by atoms with Gasteiger partial charge in [-0.15, -0.1) is 0 Å². The highest BCUT2D eigenvalue weighted by atomic mass is 16.3. The number of nitrogens with zero attached hydrogens (tertiary/aromatic N) is 1.